The van der Waals surface area contributed by atoms with Crippen molar-refractivity contribution < 1.29 is 23.8 Å². The van der Waals surface area contributed by atoms with Gasteiger partial charge in [0.15, 0.2) is 0 Å². The Labute approximate surface area is 200 Å². The van der Waals surface area contributed by atoms with E-state index in [1.165, 1.54) is 7.11 Å². The largest absolute Gasteiger partial charge is 0.469 e. The standard InChI is InChI=1S/C27H27BNO5/c1-28-22-11-12-25(34-24-10-6-9-20(14-24)15-26(30)32-2)21(16-22)17-29-23(18-33-27(29)31)13-19-7-4-3-5-8-19/h3-12,14,16,23H,13,15,17-18H2,1-2H3/t23-/m0/s1. The first-order valence-corrected chi connectivity index (χ1v) is 11.3. The zero-order chi connectivity index (χ0) is 23.9. The van der Waals surface area contributed by atoms with Crippen molar-refractivity contribution in [3.63, 3.8) is 0 Å². The molecule has 0 spiro atoms. The van der Waals surface area contributed by atoms with Gasteiger partial charge in [-0.2, -0.15) is 0 Å². The van der Waals surface area contributed by atoms with E-state index in [2.05, 4.69) is 12.1 Å². The number of cyclic esters (lactones) is 1. The molecule has 1 atom stereocenters. The molecule has 34 heavy (non-hydrogen) atoms. The van der Waals surface area contributed by atoms with E-state index in [1.807, 2.05) is 74.8 Å². The normalized spacial score (nSPS) is 15.1. The molecule has 1 aliphatic rings. The summed E-state index contributed by atoms with van der Waals surface area (Å²) in [6.07, 6.45) is 0.570. The molecule has 1 fully saturated rings. The summed E-state index contributed by atoms with van der Waals surface area (Å²) in [5, 5.41) is 0. The summed E-state index contributed by atoms with van der Waals surface area (Å²) >= 11 is 0. The van der Waals surface area contributed by atoms with Crippen molar-refractivity contribution in [2.75, 3.05) is 13.7 Å². The lowest BCUT2D eigenvalue weighted by atomic mass is 9.73. The first kappa shape index (κ1) is 23.4. The highest BCUT2D eigenvalue weighted by atomic mass is 16.6. The highest BCUT2D eigenvalue weighted by molar-refractivity contribution is 6.51. The first-order chi connectivity index (χ1) is 16.6. The Morgan fingerprint density at radius 3 is 2.62 bits per heavy atom. The molecule has 0 N–H and O–H groups in total. The number of nitrogens with zero attached hydrogens (tertiary/aromatic N) is 1. The fourth-order valence-corrected chi connectivity index (χ4v) is 4.01. The number of carbonyl (C=O) groups is 2. The Morgan fingerprint density at radius 2 is 1.85 bits per heavy atom. The molecule has 0 saturated carbocycles. The van der Waals surface area contributed by atoms with Crippen LogP contribution in [-0.4, -0.2) is 44.0 Å². The number of esters is 1. The van der Waals surface area contributed by atoms with Gasteiger partial charge in [0.25, 0.3) is 0 Å². The van der Waals surface area contributed by atoms with Crippen LogP contribution >= 0.6 is 0 Å². The number of hydrogen-bond acceptors (Lipinski definition) is 5. The minimum absolute atomic E-state index is 0.0552. The maximum absolute atomic E-state index is 12.6. The van der Waals surface area contributed by atoms with Crippen LogP contribution in [0, 0.1) is 0 Å². The molecule has 0 bridgehead atoms. The van der Waals surface area contributed by atoms with E-state index in [4.69, 9.17) is 14.2 Å². The van der Waals surface area contributed by atoms with Gasteiger partial charge in [-0.25, -0.2) is 4.79 Å². The zero-order valence-corrected chi connectivity index (χ0v) is 19.4. The molecule has 0 unspecified atom stereocenters. The van der Waals surface area contributed by atoms with Crippen LogP contribution in [-0.2, 0) is 33.7 Å². The number of carbonyl (C=O) groups excluding carboxylic acids is 2. The monoisotopic (exact) mass is 456 g/mol. The molecule has 0 aromatic heterocycles. The Balaban J connectivity index is 1.56. The molecule has 3 aromatic carbocycles. The van der Waals surface area contributed by atoms with E-state index in [1.54, 1.807) is 4.90 Å². The van der Waals surface area contributed by atoms with Crippen molar-refractivity contribution >= 4 is 24.8 Å². The summed E-state index contributed by atoms with van der Waals surface area (Å²) < 4.78 is 16.4. The SMILES string of the molecule is C[B]c1ccc(Oc2cccc(CC(=O)OC)c2)c(CN2C(=O)OC[C@@H]2Cc2ccccc2)c1. The lowest BCUT2D eigenvalue weighted by molar-refractivity contribution is -0.139. The highest BCUT2D eigenvalue weighted by Gasteiger charge is 2.33. The predicted molar refractivity (Wildman–Crippen MR) is 131 cm³/mol. The molecule has 0 aliphatic carbocycles. The Hall–Kier alpha value is -3.74. The minimum Gasteiger partial charge on any atom is -0.469 e. The van der Waals surface area contributed by atoms with Crippen molar-refractivity contribution in [2.45, 2.75) is 32.3 Å². The van der Waals surface area contributed by atoms with Crippen molar-refractivity contribution in [3.8, 4) is 11.5 Å². The Morgan fingerprint density at radius 1 is 1.06 bits per heavy atom. The summed E-state index contributed by atoms with van der Waals surface area (Å²) in [6, 6.07) is 23.3. The van der Waals surface area contributed by atoms with E-state index in [0.29, 0.717) is 24.7 Å². The van der Waals surface area contributed by atoms with Crippen LogP contribution in [0.4, 0.5) is 4.79 Å². The summed E-state index contributed by atoms with van der Waals surface area (Å²) in [7, 11) is 3.38. The van der Waals surface area contributed by atoms with Gasteiger partial charge in [0.05, 0.1) is 26.1 Å². The second-order valence-corrected chi connectivity index (χ2v) is 8.21. The molecule has 1 saturated heterocycles. The van der Waals surface area contributed by atoms with Gasteiger partial charge >= 0.3 is 12.1 Å². The van der Waals surface area contributed by atoms with Gasteiger partial charge in [-0.1, -0.05) is 66.9 Å². The molecular formula is C27H27BNO5. The van der Waals surface area contributed by atoms with Gasteiger partial charge in [-0.15, -0.1) is 0 Å². The second-order valence-electron chi connectivity index (χ2n) is 8.21. The van der Waals surface area contributed by atoms with Crippen molar-refractivity contribution in [1.29, 1.82) is 0 Å². The van der Waals surface area contributed by atoms with Crippen molar-refractivity contribution in [2.24, 2.45) is 0 Å². The second kappa shape index (κ2) is 10.9. The molecule has 3 aromatic rings. The van der Waals surface area contributed by atoms with E-state index < -0.39 is 0 Å². The zero-order valence-electron chi connectivity index (χ0n) is 19.4. The molecular weight excluding hydrogens is 429 g/mol. The number of amides is 1. The first-order valence-electron chi connectivity index (χ1n) is 11.3. The molecule has 4 rings (SSSR count). The third-order valence-electron chi connectivity index (χ3n) is 5.85. The smallest absolute Gasteiger partial charge is 0.410 e. The van der Waals surface area contributed by atoms with Gasteiger partial charge in [0.1, 0.15) is 25.4 Å². The third kappa shape index (κ3) is 5.79. The van der Waals surface area contributed by atoms with Crippen LogP contribution in [0.1, 0.15) is 16.7 Å². The van der Waals surface area contributed by atoms with Crippen LogP contribution in [0.2, 0.25) is 6.82 Å². The number of ether oxygens (including phenoxy) is 3. The third-order valence-corrected chi connectivity index (χ3v) is 5.85. The van der Waals surface area contributed by atoms with Crippen LogP contribution in [0.3, 0.4) is 0 Å². The van der Waals surface area contributed by atoms with Crippen molar-refractivity contribution in [1.82, 2.24) is 4.90 Å². The van der Waals surface area contributed by atoms with Crippen LogP contribution in [0.15, 0.2) is 72.8 Å². The lowest BCUT2D eigenvalue weighted by Gasteiger charge is -2.23. The average Bonchev–Trinajstić information content (AvgIpc) is 3.19. The summed E-state index contributed by atoms with van der Waals surface area (Å²) in [5.74, 6) is 0.956. The molecule has 1 amide bonds. The maximum Gasteiger partial charge on any atom is 0.410 e. The number of benzene rings is 3. The number of methoxy groups -OCH3 is 1. The number of rotatable bonds is 9. The van der Waals surface area contributed by atoms with E-state index in [-0.39, 0.29) is 24.5 Å². The maximum atomic E-state index is 12.6. The van der Waals surface area contributed by atoms with Gasteiger partial charge < -0.3 is 14.2 Å². The Bertz CT molecular complexity index is 1150. The lowest BCUT2D eigenvalue weighted by Crippen LogP contribution is -2.35. The molecule has 7 heteroatoms. The van der Waals surface area contributed by atoms with Gasteiger partial charge in [0, 0.05) is 5.56 Å². The van der Waals surface area contributed by atoms with Gasteiger partial charge in [0.2, 0.25) is 0 Å². The van der Waals surface area contributed by atoms with E-state index in [9.17, 15) is 9.59 Å². The quantitative estimate of drug-likeness (QED) is 0.358. The van der Waals surface area contributed by atoms with Crippen LogP contribution < -0.4 is 10.2 Å². The summed E-state index contributed by atoms with van der Waals surface area (Å²) in [4.78, 5) is 26.0. The topological polar surface area (TPSA) is 65.1 Å². The Kier molecular flexibility index (Phi) is 7.53. The number of hydrogen-bond donors (Lipinski definition) is 0. The van der Waals surface area contributed by atoms with Crippen LogP contribution in [0.5, 0.6) is 11.5 Å². The predicted octanol–water partition coefficient (Wildman–Crippen LogP) is 4.14. The summed E-state index contributed by atoms with van der Waals surface area (Å²) in [6.45, 7) is 2.70. The molecule has 6 nitrogen and oxygen atoms in total. The van der Waals surface area contributed by atoms with Crippen LogP contribution in [0.25, 0.3) is 0 Å². The fourth-order valence-electron chi connectivity index (χ4n) is 4.01. The van der Waals surface area contributed by atoms with Gasteiger partial charge in [-0.05, 0) is 35.7 Å². The highest BCUT2D eigenvalue weighted by Crippen LogP contribution is 2.29. The molecule has 173 valence electrons. The minimum atomic E-state index is -0.321. The molecule has 1 heterocycles. The fraction of sp³-hybridized carbons (Fsp3) is 0.259. The van der Waals surface area contributed by atoms with Gasteiger partial charge in [-0.3, -0.25) is 9.69 Å². The average molecular weight is 456 g/mol. The summed E-state index contributed by atoms with van der Waals surface area (Å²) in [5.41, 5.74) is 3.88. The van der Waals surface area contributed by atoms with Crippen molar-refractivity contribution in [3.05, 3.63) is 89.5 Å². The van der Waals surface area contributed by atoms with E-state index >= 15 is 0 Å². The molecule has 1 radical (unpaired) electrons. The van der Waals surface area contributed by atoms with E-state index in [0.717, 1.165) is 28.6 Å². The molecule has 1 aliphatic heterocycles.